The van der Waals surface area contributed by atoms with Crippen LogP contribution in [-0.2, 0) is 12.7 Å². The van der Waals surface area contributed by atoms with E-state index in [4.69, 9.17) is 0 Å². The van der Waals surface area contributed by atoms with Crippen LogP contribution < -0.4 is 10.5 Å². The molecule has 4 heterocycles. The molecule has 1 saturated heterocycles. The van der Waals surface area contributed by atoms with Gasteiger partial charge < -0.3 is 4.90 Å². The van der Waals surface area contributed by atoms with Crippen molar-refractivity contribution in [2.45, 2.75) is 26.6 Å². The molecular weight excluding hydrogens is 385 g/mol. The SMILES string of the molecule is Cc1cc(C)n(-c2ccc(=O)n(CC3CN(c4ncccc4C(F)(F)F)C3)n2)n1. The van der Waals surface area contributed by atoms with Crippen molar-refractivity contribution in [1.82, 2.24) is 24.5 Å². The van der Waals surface area contributed by atoms with Crippen molar-refractivity contribution < 1.29 is 13.2 Å². The standard InChI is InChI=1S/C19H19F3N6O/c1-12-8-13(2)28(24-12)16-5-6-17(29)27(25-16)11-14-9-26(10-14)18-15(19(20,21)22)4-3-7-23-18/h3-8,14H,9-11H2,1-2H3. The molecule has 0 radical (unpaired) electrons. The van der Waals surface area contributed by atoms with Gasteiger partial charge in [-0.1, -0.05) is 0 Å². The maximum Gasteiger partial charge on any atom is 0.419 e. The third kappa shape index (κ3) is 3.74. The molecule has 152 valence electrons. The molecule has 0 unspecified atom stereocenters. The molecule has 0 aromatic carbocycles. The zero-order chi connectivity index (χ0) is 20.8. The minimum absolute atomic E-state index is 0.000931. The molecule has 0 spiro atoms. The number of hydrogen-bond acceptors (Lipinski definition) is 5. The first-order valence-corrected chi connectivity index (χ1v) is 9.11. The summed E-state index contributed by atoms with van der Waals surface area (Å²) >= 11 is 0. The lowest BCUT2D eigenvalue weighted by Crippen LogP contribution is -2.50. The molecule has 29 heavy (non-hydrogen) atoms. The predicted molar refractivity (Wildman–Crippen MR) is 100 cm³/mol. The van der Waals surface area contributed by atoms with E-state index < -0.39 is 11.7 Å². The van der Waals surface area contributed by atoms with Gasteiger partial charge in [-0.25, -0.2) is 14.3 Å². The van der Waals surface area contributed by atoms with Crippen molar-refractivity contribution in [3.8, 4) is 5.82 Å². The monoisotopic (exact) mass is 404 g/mol. The Morgan fingerprint density at radius 1 is 1.14 bits per heavy atom. The molecule has 4 rings (SSSR count). The molecule has 1 aliphatic rings. The van der Waals surface area contributed by atoms with E-state index in [0.717, 1.165) is 17.5 Å². The Balaban J connectivity index is 1.50. The van der Waals surface area contributed by atoms with Crippen LogP contribution in [0.1, 0.15) is 17.0 Å². The van der Waals surface area contributed by atoms with Crippen LogP contribution in [0.3, 0.4) is 0 Å². The number of nitrogens with zero attached hydrogens (tertiary/aromatic N) is 6. The van der Waals surface area contributed by atoms with E-state index in [-0.39, 0.29) is 17.3 Å². The second-order valence-corrected chi connectivity index (χ2v) is 7.19. The van der Waals surface area contributed by atoms with Gasteiger partial charge in [0.1, 0.15) is 5.82 Å². The van der Waals surface area contributed by atoms with E-state index >= 15 is 0 Å². The molecule has 0 saturated carbocycles. The van der Waals surface area contributed by atoms with Gasteiger partial charge in [-0.15, -0.1) is 5.10 Å². The second kappa shape index (κ2) is 7.02. The molecular formula is C19H19F3N6O. The highest BCUT2D eigenvalue weighted by molar-refractivity contribution is 5.50. The van der Waals surface area contributed by atoms with Crippen LogP contribution in [0.4, 0.5) is 19.0 Å². The highest BCUT2D eigenvalue weighted by Gasteiger charge is 2.38. The molecule has 3 aromatic heterocycles. The fourth-order valence-corrected chi connectivity index (χ4v) is 3.52. The summed E-state index contributed by atoms with van der Waals surface area (Å²) in [5, 5.41) is 8.75. The molecule has 0 bridgehead atoms. The van der Waals surface area contributed by atoms with Crippen molar-refractivity contribution in [3.63, 3.8) is 0 Å². The number of alkyl halides is 3. The first kappa shape index (κ1) is 19.2. The Hall–Kier alpha value is -3.17. The van der Waals surface area contributed by atoms with Gasteiger partial charge in [0.25, 0.3) is 5.56 Å². The Labute approximate surface area is 164 Å². The summed E-state index contributed by atoms with van der Waals surface area (Å²) < 4.78 is 42.5. The van der Waals surface area contributed by atoms with Crippen LogP contribution in [-0.4, -0.2) is 37.6 Å². The highest BCUT2D eigenvalue weighted by Crippen LogP contribution is 2.37. The van der Waals surface area contributed by atoms with Crippen molar-refractivity contribution in [3.05, 3.63) is 63.8 Å². The van der Waals surface area contributed by atoms with Gasteiger partial charge in [-0.2, -0.15) is 18.3 Å². The van der Waals surface area contributed by atoms with Gasteiger partial charge in [0.2, 0.25) is 0 Å². The van der Waals surface area contributed by atoms with E-state index in [2.05, 4.69) is 15.2 Å². The number of anilines is 1. The van der Waals surface area contributed by atoms with Gasteiger partial charge in [0.15, 0.2) is 5.82 Å². The Kier molecular flexibility index (Phi) is 4.64. The first-order valence-electron chi connectivity index (χ1n) is 9.11. The van der Waals surface area contributed by atoms with Crippen molar-refractivity contribution >= 4 is 5.82 Å². The summed E-state index contributed by atoms with van der Waals surface area (Å²) in [6.45, 7) is 4.83. The van der Waals surface area contributed by atoms with Crippen LogP contribution in [0.15, 0.2) is 41.3 Å². The van der Waals surface area contributed by atoms with E-state index in [1.807, 2.05) is 19.9 Å². The summed E-state index contributed by atoms with van der Waals surface area (Å²) in [6.07, 6.45) is -3.11. The number of aryl methyl sites for hydroxylation is 2. The fourth-order valence-electron chi connectivity index (χ4n) is 3.52. The van der Waals surface area contributed by atoms with E-state index in [0.29, 0.717) is 25.5 Å². The number of pyridine rings is 1. The molecule has 1 aliphatic heterocycles. The molecule has 0 aliphatic carbocycles. The third-order valence-corrected chi connectivity index (χ3v) is 4.86. The fraction of sp³-hybridized carbons (Fsp3) is 0.368. The van der Waals surface area contributed by atoms with Crippen LogP contribution >= 0.6 is 0 Å². The molecule has 1 fully saturated rings. The smallest absolute Gasteiger partial charge is 0.355 e. The van der Waals surface area contributed by atoms with E-state index in [1.54, 1.807) is 15.6 Å². The van der Waals surface area contributed by atoms with Gasteiger partial charge >= 0.3 is 6.18 Å². The number of aromatic nitrogens is 5. The minimum atomic E-state index is -4.46. The quantitative estimate of drug-likeness (QED) is 0.669. The Bertz CT molecular complexity index is 1100. The number of hydrogen-bond donors (Lipinski definition) is 0. The number of rotatable bonds is 4. The van der Waals surface area contributed by atoms with Gasteiger partial charge in [0, 0.05) is 37.0 Å². The topological polar surface area (TPSA) is 68.8 Å². The number of halogens is 3. The summed E-state index contributed by atoms with van der Waals surface area (Å²) in [5.41, 5.74) is 0.722. The molecule has 0 amide bonds. The predicted octanol–water partition coefficient (Wildman–Crippen LogP) is 2.60. The summed E-state index contributed by atoms with van der Waals surface area (Å²) in [5.74, 6) is 0.447. The summed E-state index contributed by atoms with van der Waals surface area (Å²) in [7, 11) is 0. The Morgan fingerprint density at radius 2 is 1.90 bits per heavy atom. The van der Waals surface area contributed by atoms with E-state index in [1.165, 1.54) is 23.0 Å². The molecule has 3 aromatic rings. The molecule has 0 N–H and O–H groups in total. The minimum Gasteiger partial charge on any atom is -0.355 e. The van der Waals surface area contributed by atoms with Gasteiger partial charge in [0.05, 0.1) is 17.8 Å². The van der Waals surface area contributed by atoms with Crippen molar-refractivity contribution in [2.75, 3.05) is 18.0 Å². The van der Waals surface area contributed by atoms with Gasteiger partial charge in [-0.05, 0) is 38.1 Å². The average Bonchev–Trinajstić information content (AvgIpc) is 2.96. The normalized spacial score (nSPS) is 14.9. The lowest BCUT2D eigenvalue weighted by atomic mass is 9.99. The summed E-state index contributed by atoms with van der Waals surface area (Å²) in [6, 6.07) is 7.24. The molecule has 7 nitrogen and oxygen atoms in total. The largest absolute Gasteiger partial charge is 0.419 e. The maximum atomic E-state index is 13.2. The first-order chi connectivity index (χ1) is 13.7. The second-order valence-electron chi connectivity index (χ2n) is 7.19. The average molecular weight is 404 g/mol. The van der Waals surface area contributed by atoms with E-state index in [9.17, 15) is 18.0 Å². The molecule has 10 heteroatoms. The van der Waals surface area contributed by atoms with Crippen LogP contribution in [0.25, 0.3) is 5.82 Å². The molecule has 0 atom stereocenters. The third-order valence-electron chi connectivity index (χ3n) is 4.86. The maximum absolute atomic E-state index is 13.2. The van der Waals surface area contributed by atoms with Crippen molar-refractivity contribution in [1.29, 1.82) is 0 Å². The Morgan fingerprint density at radius 3 is 2.55 bits per heavy atom. The summed E-state index contributed by atoms with van der Waals surface area (Å²) in [4.78, 5) is 17.7. The lowest BCUT2D eigenvalue weighted by Gasteiger charge is -2.41. The van der Waals surface area contributed by atoms with Crippen LogP contribution in [0.5, 0.6) is 0 Å². The lowest BCUT2D eigenvalue weighted by molar-refractivity contribution is -0.137. The van der Waals surface area contributed by atoms with Gasteiger partial charge in [-0.3, -0.25) is 4.79 Å². The van der Waals surface area contributed by atoms with Crippen LogP contribution in [0.2, 0.25) is 0 Å². The highest BCUT2D eigenvalue weighted by atomic mass is 19.4. The van der Waals surface area contributed by atoms with Crippen molar-refractivity contribution in [2.24, 2.45) is 5.92 Å². The van der Waals surface area contributed by atoms with Crippen LogP contribution in [0, 0.1) is 19.8 Å². The zero-order valence-corrected chi connectivity index (χ0v) is 15.9. The zero-order valence-electron chi connectivity index (χ0n) is 15.9.